The molecule has 1 fully saturated rings. The fourth-order valence-corrected chi connectivity index (χ4v) is 5.45. The van der Waals surface area contributed by atoms with Gasteiger partial charge in [0.2, 0.25) is 35.4 Å². The van der Waals surface area contributed by atoms with E-state index in [4.69, 9.17) is 15.2 Å². The molecule has 1 saturated heterocycles. The lowest BCUT2D eigenvalue weighted by molar-refractivity contribution is -0.556. The van der Waals surface area contributed by atoms with Gasteiger partial charge in [-0.2, -0.15) is 0 Å². The largest absolute Gasteiger partial charge is 0.597 e. The number of cyclic esters (lactones) is 1. The van der Waals surface area contributed by atoms with E-state index < -0.39 is 116 Å². The van der Waals surface area contributed by atoms with Crippen molar-refractivity contribution >= 4 is 47.4 Å². The van der Waals surface area contributed by atoms with E-state index in [1.165, 1.54) is 0 Å². The van der Waals surface area contributed by atoms with Gasteiger partial charge in [0.25, 0.3) is 0 Å². The van der Waals surface area contributed by atoms with Crippen LogP contribution in [0.25, 0.3) is 0 Å². The van der Waals surface area contributed by atoms with Crippen molar-refractivity contribution in [1.82, 2.24) is 31.9 Å². The maximum absolute atomic E-state index is 13.9. The molecule has 58 heavy (non-hydrogen) atoms. The summed E-state index contributed by atoms with van der Waals surface area (Å²) in [6.07, 6.45) is -3.64. The molecule has 0 saturated carbocycles. The Balaban J connectivity index is 3.65. The number of hydrogen-bond donors (Lipinski definition) is 11. The smallest absolute Gasteiger partial charge is 0.335 e. The van der Waals surface area contributed by atoms with E-state index in [-0.39, 0.29) is 41.8 Å². The highest BCUT2D eigenvalue weighted by Gasteiger charge is 2.40. The number of hydrogen-bond acceptors (Lipinski definition) is 15. The molecular weight excluding hydrogens is 780 g/mol. The normalized spacial score (nSPS) is 23.2. The van der Waals surface area contributed by atoms with Crippen molar-refractivity contribution < 1.29 is 78.5 Å². The molecule has 0 bridgehead atoms. The van der Waals surface area contributed by atoms with E-state index in [0.717, 1.165) is 33.1 Å². The van der Waals surface area contributed by atoms with Crippen LogP contribution in [0.2, 0.25) is 0 Å². The van der Waals surface area contributed by atoms with E-state index in [0.29, 0.717) is 12.8 Å². The van der Waals surface area contributed by atoms with Gasteiger partial charge in [0.15, 0.2) is 29.7 Å². The van der Waals surface area contributed by atoms with Gasteiger partial charge >= 0.3 is 11.9 Å². The second kappa shape index (κ2) is 26.1. The van der Waals surface area contributed by atoms with E-state index in [1.54, 1.807) is 0 Å². The van der Waals surface area contributed by atoms with Crippen LogP contribution in [0.3, 0.4) is 0 Å². The number of unbranched alkanes of at least 4 members (excludes halogenated alkanes) is 4. The number of carbonyl (C=O) groups is 8. The molecule has 0 aromatic rings. The van der Waals surface area contributed by atoms with Crippen molar-refractivity contribution in [3.63, 3.8) is 0 Å². The molecule has 1 aliphatic heterocycles. The van der Waals surface area contributed by atoms with E-state index >= 15 is 0 Å². The molecule has 0 aromatic carbocycles. The van der Waals surface area contributed by atoms with Crippen molar-refractivity contribution in [2.45, 2.75) is 134 Å². The predicted molar refractivity (Wildman–Crippen MR) is 191 cm³/mol. The minimum atomic E-state index is -2.55. The summed E-state index contributed by atoms with van der Waals surface area (Å²) < 4.78 is 5.40. The topological polar surface area (TPSA) is 396 Å². The molecule has 26 nitrogen and oxygen atoms in total. The zero-order valence-corrected chi connectivity index (χ0v) is 32.3. The lowest BCUT2D eigenvalue weighted by Crippen LogP contribution is -2.64. The number of esters is 1. The fraction of sp³-hybridized carbons (Fsp3) is 0.750. The number of carboxylic acids is 1. The van der Waals surface area contributed by atoms with Crippen LogP contribution in [0, 0.1) is 10.4 Å². The number of aliphatic hydroxyl groups excluding tert-OH is 2. The molecule has 0 spiro atoms. The molecule has 6 amide bonds. The van der Waals surface area contributed by atoms with Gasteiger partial charge in [0.05, 0.1) is 12.6 Å². The summed E-state index contributed by atoms with van der Waals surface area (Å²) in [5.41, 5.74) is 0. The highest BCUT2D eigenvalue weighted by atomic mass is 16.6. The number of aliphatic carboxylic acids is 1. The van der Waals surface area contributed by atoms with Gasteiger partial charge in [-0.25, -0.2) is 9.59 Å². The van der Waals surface area contributed by atoms with Crippen molar-refractivity contribution in [2.75, 3.05) is 19.6 Å². The van der Waals surface area contributed by atoms with Crippen LogP contribution in [0.15, 0.2) is 10.6 Å². The average Bonchev–Trinajstić information content (AvgIpc) is 3.17. The Kier molecular flexibility index (Phi) is 22.5. The fourth-order valence-electron chi connectivity index (χ4n) is 5.45. The van der Waals surface area contributed by atoms with Crippen molar-refractivity contribution in [3.05, 3.63) is 10.4 Å². The lowest BCUT2D eigenvalue weighted by atomic mass is 10.0. The average molecular weight is 835 g/mol. The lowest BCUT2D eigenvalue weighted by Gasteiger charge is -2.31. The number of carboxylic acid groups (broad SMARTS) is 1. The second-order valence-corrected chi connectivity index (χ2v) is 13.4. The molecule has 11 N–H and O–H groups in total. The molecule has 1 aliphatic rings. The zero-order chi connectivity index (χ0) is 43.9. The van der Waals surface area contributed by atoms with E-state index in [9.17, 15) is 64.1 Å². The Morgan fingerprint density at radius 1 is 0.862 bits per heavy atom. The maximum atomic E-state index is 13.9. The third-order valence-corrected chi connectivity index (χ3v) is 8.65. The first-order valence-electron chi connectivity index (χ1n) is 18.5. The molecule has 26 heteroatoms. The summed E-state index contributed by atoms with van der Waals surface area (Å²) >= 11 is 0. The maximum Gasteiger partial charge on any atom is 0.335 e. The summed E-state index contributed by atoms with van der Waals surface area (Å²) in [7, 11) is 0. The van der Waals surface area contributed by atoms with Gasteiger partial charge in [0.1, 0.15) is 36.3 Å². The first-order chi connectivity index (χ1) is 27.4. The van der Waals surface area contributed by atoms with Crippen molar-refractivity contribution in [3.8, 4) is 0 Å². The van der Waals surface area contributed by atoms with Crippen molar-refractivity contribution in [2.24, 2.45) is 10.6 Å². The Bertz CT molecular complexity index is 1500. The number of amides is 6. The number of carbonyl (C=O) groups excluding carboxylic acids is 7. The number of aliphatic hydroxyl groups is 2. The molecule has 0 unspecified atom stereocenters. The van der Waals surface area contributed by atoms with Gasteiger partial charge < -0.3 is 72.8 Å². The molecule has 0 radical (unpaired) electrons. The summed E-state index contributed by atoms with van der Waals surface area (Å²) in [6.45, 7) is 2.36. The Morgan fingerprint density at radius 3 is 2.00 bits per heavy atom. The summed E-state index contributed by atoms with van der Waals surface area (Å²) in [4.78, 5) is 105. The molecule has 0 aliphatic carbocycles. The third-order valence-electron chi connectivity index (χ3n) is 8.65. The van der Waals surface area contributed by atoms with Crippen LogP contribution in [-0.4, -0.2) is 151 Å². The molecule has 0 aromatic heterocycles. The van der Waals surface area contributed by atoms with Crippen LogP contribution >= 0.6 is 0 Å². The van der Waals surface area contributed by atoms with Crippen LogP contribution in [0.4, 0.5) is 0 Å². The van der Waals surface area contributed by atoms with Gasteiger partial charge in [-0.1, -0.05) is 42.3 Å². The SMILES string of the molecule is CCCCCCCC(=O)N[C@@H](C(=O)N[C@@H]1C(=O)N[C@H]([C@@H](C)O)C(=O)N[C@H](CCC/[N+]([O-])=N/O)C(=O)NCC(=O)N[C@H](CCC/[N+]([O-])=N/O)C(=O)O[C@@H]1C)[C@@H](O)C(=O)O. The van der Waals surface area contributed by atoms with Gasteiger partial charge in [-0.05, 0) is 33.1 Å². The van der Waals surface area contributed by atoms with Gasteiger partial charge in [0, 0.05) is 19.3 Å². The summed E-state index contributed by atoms with van der Waals surface area (Å²) in [6, 6.07) is -9.38. The predicted octanol–water partition coefficient (Wildman–Crippen LogP) is -3.08. The van der Waals surface area contributed by atoms with Gasteiger partial charge in [-0.15, -0.1) is 0 Å². The van der Waals surface area contributed by atoms with Gasteiger partial charge in [-0.3, -0.25) is 28.8 Å². The number of rotatable bonds is 20. The zero-order valence-electron chi connectivity index (χ0n) is 32.3. The molecule has 1 rings (SSSR count). The Morgan fingerprint density at radius 2 is 1.45 bits per heavy atom. The quantitative estimate of drug-likeness (QED) is 0.0190. The van der Waals surface area contributed by atoms with Crippen LogP contribution in [0.1, 0.15) is 85.0 Å². The highest BCUT2D eigenvalue weighted by molar-refractivity contribution is 5.98. The number of hydroxylamine groups is 2. The second-order valence-electron chi connectivity index (χ2n) is 13.4. The Hall–Kier alpha value is -5.92. The van der Waals surface area contributed by atoms with Crippen LogP contribution < -0.4 is 31.9 Å². The standard InChI is InChI=1S/C32H54N10O16/c1-4-5-6-7-8-13-21(44)36-25(26(46)31(51)52)30(50)38-24-18(3)58-32(53)20(12-10-15-42(57)40-55)34-22(45)16-33-27(47)19(11-9-14-41(56)39-54)35-28(48)23(17(2)43)37-29(24)49/h17-20,23-26,43,46,54-55H,4-16H2,1-3H3,(H,33,47)(H,34,45)(H,35,48)(H,36,44)(H,37,49)(H,38,50)(H,51,52)/b41-39-,42-40-/t17-,18-,19-,20-,23-,24+,25-,26-/m1/s1. The summed E-state index contributed by atoms with van der Waals surface area (Å²) in [5.74, 6) is -10.1. The first kappa shape index (κ1) is 50.1. The third kappa shape index (κ3) is 17.9. The highest BCUT2D eigenvalue weighted by Crippen LogP contribution is 2.11. The van der Waals surface area contributed by atoms with Crippen LogP contribution in [-0.2, 0) is 43.1 Å². The van der Waals surface area contributed by atoms with Crippen molar-refractivity contribution in [1.29, 1.82) is 0 Å². The Labute approximate surface area is 331 Å². The number of ether oxygens (including phenoxy) is 1. The molecule has 8 atom stereocenters. The minimum absolute atomic E-state index is 0.128. The minimum Gasteiger partial charge on any atom is -0.597 e. The van der Waals surface area contributed by atoms with Crippen LogP contribution in [0.5, 0.6) is 0 Å². The molecule has 1 heterocycles. The van der Waals surface area contributed by atoms with E-state index in [2.05, 4.69) is 42.5 Å². The summed E-state index contributed by atoms with van der Waals surface area (Å²) in [5, 5.41) is 88.7. The molecule has 328 valence electrons. The number of nitrogens with one attached hydrogen (secondary N) is 6. The van der Waals surface area contributed by atoms with E-state index in [1.807, 2.05) is 6.92 Å². The molecular formula is C32H54N10O16. The number of nitrogens with zero attached hydrogens (tertiary/aromatic N) is 4. The monoisotopic (exact) mass is 834 g/mol. The first-order valence-corrected chi connectivity index (χ1v) is 18.5.